The molecule has 2 heterocycles. The second-order valence-electron chi connectivity index (χ2n) is 7.80. The Balaban J connectivity index is 1.37. The number of morpholine rings is 1. The van der Waals surface area contributed by atoms with Crippen molar-refractivity contribution in [1.29, 1.82) is 0 Å². The van der Waals surface area contributed by atoms with Crippen LogP contribution < -0.4 is 10.6 Å². The third-order valence-corrected chi connectivity index (χ3v) is 5.55. The Hall–Kier alpha value is -3.16. The Labute approximate surface area is 182 Å². The monoisotopic (exact) mass is 420 g/mol. The number of amides is 2. The van der Waals surface area contributed by atoms with E-state index < -0.39 is 0 Å². The minimum Gasteiger partial charge on any atom is -0.379 e. The van der Waals surface area contributed by atoms with Gasteiger partial charge in [0, 0.05) is 68.0 Å². The molecule has 1 saturated heterocycles. The summed E-state index contributed by atoms with van der Waals surface area (Å²) < 4.78 is 7.67. The Morgan fingerprint density at radius 3 is 2.52 bits per heavy atom. The van der Waals surface area contributed by atoms with Crippen molar-refractivity contribution in [2.24, 2.45) is 0 Å². The quantitative estimate of drug-likeness (QED) is 0.616. The van der Waals surface area contributed by atoms with Gasteiger partial charge in [0.05, 0.1) is 13.2 Å². The van der Waals surface area contributed by atoms with Gasteiger partial charge in [0.1, 0.15) is 0 Å². The van der Waals surface area contributed by atoms with Crippen LogP contribution in [0.25, 0.3) is 10.9 Å². The second-order valence-corrected chi connectivity index (χ2v) is 7.80. The van der Waals surface area contributed by atoms with E-state index >= 15 is 0 Å². The molecular weight excluding hydrogens is 392 g/mol. The Morgan fingerprint density at radius 2 is 1.77 bits per heavy atom. The maximum absolute atomic E-state index is 12.6. The first kappa shape index (κ1) is 21.1. The molecule has 162 valence electrons. The van der Waals surface area contributed by atoms with E-state index in [9.17, 15) is 9.59 Å². The first-order valence-electron chi connectivity index (χ1n) is 10.6. The molecule has 7 heteroatoms. The molecule has 3 aromatic rings. The fourth-order valence-corrected chi connectivity index (χ4v) is 3.75. The highest BCUT2D eigenvalue weighted by Crippen LogP contribution is 2.21. The normalized spacial score (nSPS) is 14.5. The first-order chi connectivity index (χ1) is 15.1. The molecule has 0 spiro atoms. The predicted octanol–water partition coefficient (Wildman–Crippen LogP) is 2.86. The molecular formula is C24H28N4O3. The van der Waals surface area contributed by atoms with E-state index in [0.717, 1.165) is 61.5 Å². The van der Waals surface area contributed by atoms with Gasteiger partial charge >= 0.3 is 0 Å². The number of benzene rings is 2. The van der Waals surface area contributed by atoms with Gasteiger partial charge in [0.15, 0.2) is 0 Å². The van der Waals surface area contributed by atoms with Gasteiger partial charge in [-0.05, 0) is 42.0 Å². The van der Waals surface area contributed by atoms with Crippen molar-refractivity contribution in [1.82, 2.24) is 14.8 Å². The third kappa shape index (κ3) is 5.51. The highest BCUT2D eigenvalue weighted by Gasteiger charge is 2.11. The zero-order valence-corrected chi connectivity index (χ0v) is 17.8. The standard InChI is InChI=1S/C24H28N4O3/c1-18(29)25-17-19-2-4-20(5-3-19)24(30)26-22-6-7-23-21(16-22)8-9-28(23)11-10-27-12-14-31-15-13-27/h2-9,16H,10-15,17H2,1H3,(H,25,29)(H,26,30). The molecule has 1 aromatic heterocycles. The van der Waals surface area contributed by atoms with Gasteiger partial charge in [-0.3, -0.25) is 14.5 Å². The molecule has 31 heavy (non-hydrogen) atoms. The van der Waals surface area contributed by atoms with E-state index in [1.807, 2.05) is 24.3 Å². The summed E-state index contributed by atoms with van der Waals surface area (Å²) >= 11 is 0. The average Bonchev–Trinajstić information content (AvgIpc) is 3.19. The lowest BCUT2D eigenvalue weighted by molar-refractivity contribution is -0.119. The third-order valence-electron chi connectivity index (χ3n) is 5.55. The molecule has 1 fully saturated rings. The summed E-state index contributed by atoms with van der Waals surface area (Å²) in [5.74, 6) is -0.232. The van der Waals surface area contributed by atoms with Crippen LogP contribution in [0.4, 0.5) is 5.69 Å². The maximum Gasteiger partial charge on any atom is 0.255 e. The number of carbonyl (C=O) groups is 2. The van der Waals surface area contributed by atoms with Crippen molar-refractivity contribution in [3.63, 3.8) is 0 Å². The van der Waals surface area contributed by atoms with Crippen LogP contribution in [0.2, 0.25) is 0 Å². The van der Waals surface area contributed by atoms with E-state index in [1.165, 1.54) is 6.92 Å². The summed E-state index contributed by atoms with van der Waals surface area (Å²) in [6.07, 6.45) is 2.10. The highest BCUT2D eigenvalue weighted by molar-refractivity contribution is 6.05. The lowest BCUT2D eigenvalue weighted by Gasteiger charge is -2.26. The number of hydrogen-bond donors (Lipinski definition) is 2. The summed E-state index contributed by atoms with van der Waals surface area (Å²) in [7, 11) is 0. The number of hydrogen-bond acceptors (Lipinski definition) is 4. The number of carbonyl (C=O) groups excluding carboxylic acids is 2. The summed E-state index contributed by atoms with van der Waals surface area (Å²) in [6.45, 7) is 7.48. The van der Waals surface area contributed by atoms with Crippen LogP contribution >= 0.6 is 0 Å². The van der Waals surface area contributed by atoms with Crippen molar-refractivity contribution in [2.75, 3.05) is 38.2 Å². The Bertz CT molecular complexity index is 1050. The number of nitrogens with one attached hydrogen (secondary N) is 2. The molecule has 0 radical (unpaired) electrons. The number of ether oxygens (including phenoxy) is 1. The first-order valence-corrected chi connectivity index (χ1v) is 10.6. The molecule has 1 aliphatic rings. The molecule has 2 N–H and O–H groups in total. The topological polar surface area (TPSA) is 75.6 Å². The molecule has 7 nitrogen and oxygen atoms in total. The molecule has 2 aromatic carbocycles. The predicted molar refractivity (Wildman–Crippen MR) is 121 cm³/mol. The Morgan fingerprint density at radius 1 is 1.00 bits per heavy atom. The van der Waals surface area contributed by atoms with Crippen LogP contribution in [-0.4, -0.2) is 54.1 Å². The summed E-state index contributed by atoms with van der Waals surface area (Å²) in [6, 6.07) is 15.3. The zero-order chi connectivity index (χ0) is 21.6. The minimum atomic E-state index is -0.155. The lowest BCUT2D eigenvalue weighted by Crippen LogP contribution is -2.38. The zero-order valence-electron chi connectivity index (χ0n) is 17.8. The van der Waals surface area contributed by atoms with Crippen LogP contribution in [0.5, 0.6) is 0 Å². The van der Waals surface area contributed by atoms with Gasteiger partial charge in [0.2, 0.25) is 5.91 Å². The van der Waals surface area contributed by atoms with Crippen molar-refractivity contribution in [3.8, 4) is 0 Å². The summed E-state index contributed by atoms with van der Waals surface area (Å²) in [5.41, 5.74) is 3.46. The van der Waals surface area contributed by atoms with Gasteiger partial charge in [-0.2, -0.15) is 0 Å². The molecule has 1 aliphatic heterocycles. The molecule has 0 aliphatic carbocycles. The average molecular weight is 421 g/mol. The second kappa shape index (κ2) is 9.76. The van der Waals surface area contributed by atoms with Gasteiger partial charge in [-0.25, -0.2) is 0 Å². The van der Waals surface area contributed by atoms with E-state index in [-0.39, 0.29) is 11.8 Å². The molecule has 0 unspecified atom stereocenters. The highest BCUT2D eigenvalue weighted by atomic mass is 16.5. The van der Waals surface area contributed by atoms with Crippen molar-refractivity contribution in [3.05, 3.63) is 65.9 Å². The van der Waals surface area contributed by atoms with E-state index in [0.29, 0.717) is 12.1 Å². The van der Waals surface area contributed by atoms with Crippen LogP contribution in [0.1, 0.15) is 22.8 Å². The van der Waals surface area contributed by atoms with Gasteiger partial charge in [-0.1, -0.05) is 12.1 Å². The Kier molecular flexibility index (Phi) is 6.64. The molecule has 4 rings (SSSR count). The van der Waals surface area contributed by atoms with Gasteiger partial charge in [-0.15, -0.1) is 0 Å². The summed E-state index contributed by atoms with van der Waals surface area (Å²) in [5, 5.41) is 6.82. The van der Waals surface area contributed by atoms with Crippen LogP contribution in [-0.2, 0) is 22.6 Å². The number of fused-ring (bicyclic) bond motifs is 1. The molecule has 2 amide bonds. The fourth-order valence-electron chi connectivity index (χ4n) is 3.75. The van der Waals surface area contributed by atoms with Crippen molar-refractivity contribution in [2.45, 2.75) is 20.0 Å². The van der Waals surface area contributed by atoms with E-state index in [1.54, 1.807) is 12.1 Å². The van der Waals surface area contributed by atoms with Gasteiger partial charge < -0.3 is 19.9 Å². The number of rotatable bonds is 7. The van der Waals surface area contributed by atoms with Crippen molar-refractivity contribution < 1.29 is 14.3 Å². The molecule has 0 saturated carbocycles. The van der Waals surface area contributed by atoms with Crippen LogP contribution in [0, 0.1) is 0 Å². The fraction of sp³-hybridized carbons (Fsp3) is 0.333. The minimum absolute atomic E-state index is 0.0767. The smallest absolute Gasteiger partial charge is 0.255 e. The van der Waals surface area contributed by atoms with Crippen molar-refractivity contribution >= 4 is 28.4 Å². The largest absolute Gasteiger partial charge is 0.379 e. The SMILES string of the molecule is CC(=O)NCc1ccc(C(=O)Nc2ccc3c(ccn3CCN3CCOCC3)c2)cc1. The van der Waals surface area contributed by atoms with Crippen LogP contribution in [0.15, 0.2) is 54.7 Å². The van der Waals surface area contributed by atoms with E-state index in [4.69, 9.17) is 4.74 Å². The maximum atomic E-state index is 12.6. The van der Waals surface area contributed by atoms with Crippen LogP contribution in [0.3, 0.4) is 0 Å². The number of nitrogens with zero attached hydrogens (tertiary/aromatic N) is 2. The molecule has 0 atom stereocenters. The molecule has 0 bridgehead atoms. The number of anilines is 1. The van der Waals surface area contributed by atoms with Gasteiger partial charge in [0.25, 0.3) is 5.91 Å². The summed E-state index contributed by atoms with van der Waals surface area (Å²) in [4.78, 5) is 26.0. The van der Waals surface area contributed by atoms with E-state index in [2.05, 4.69) is 38.4 Å². The lowest BCUT2D eigenvalue weighted by atomic mass is 10.1. The number of aromatic nitrogens is 1.